The van der Waals surface area contributed by atoms with Crippen LogP contribution in [0.1, 0.15) is 17.0 Å². The Morgan fingerprint density at radius 1 is 1.27 bits per heavy atom. The topological polar surface area (TPSA) is 94.2 Å². The number of aromatic nitrogens is 1. The lowest BCUT2D eigenvalue weighted by Gasteiger charge is -2.07. The molecule has 0 unspecified atom stereocenters. The summed E-state index contributed by atoms with van der Waals surface area (Å²) in [5.74, 6) is 0. The van der Waals surface area contributed by atoms with E-state index in [1.165, 1.54) is 18.2 Å². The number of nitrogens with one attached hydrogen (secondary N) is 1. The second-order valence-electron chi connectivity index (χ2n) is 5.03. The van der Waals surface area contributed by atoms with Crippen molar-refractivity contribution < 1.29 is 13.3 Å². The van der Waals surface area contributed by atoms with Crippen molar-refractivity contribution in [3.8, 4) is 0 Å². The minimum Gasteiger partial charge on any atom is -0.352 e. The van der Waals surface area contributed by atoms with Crippen molar-refractivity contribution in [1.29, 1.82) is 0 Å². The highest BCUT2D eigenvalue weighted by Crippen LogP contribution is 2.18. The van der Waals surface area contributed by atoms with Gasteiger partial charge in [0.1, 0.15) is 0 Å². The Bertz CT molecular complexity index is 825. The predicted molar refractivity (Wildman–Crippen MR) is 82.0 cm³/mol. The van der Waals surface area contributed by atoms with Gasteiger partial charge in [0.15, 0.2) is 0 Å². The zero-order valence-electron chi connectivity index (χ0n) is 12.5. The number of hydrogen-bond donors (Lipinski definition) is 1. The predicted octanol–water partition coefficient (Wildman–Crippen LogP) is 2.03. The molecule has 0 saturated carbocycles. The summed E-state index contributed by atoms with van der Waals surface area (Å²) in [5.41, 5.74) is 2.62. The highest BCUT2D eigenvalue weighted by Gasteiger charge is 2.18. The first kappa shape index (κ1) is 16.2. The molecule has 0 aliphatic rings. The molecule has 1 N–H and O–H groups in total. The Hall–Kier alpha value is -2.19. The van der Waals surface area contributed by atoms with Crippen molar-refractivity contribution in [1.82, 2.24) is 9.29 Å². The number of non-ortho nitro benzene ring substituents is 1. The maximum Gasteiger partial charge on any atom is 0.270 e. The van der Waals surface area contributed by atoms with Crippen LogP contribution in [0.4, 0.5) is 5.69 Å². The van der Waals surface area contributed by atoms with Gasteiger partial charge >= 0.3 is 0 Å². The zero-order valence-corrected chi connectivity index (χ0v) is 13.3. The quantitative estimate of drug-likeness (QED) is 0.673. The molecule has 0 radical (unpaired) electrons. The molecular formula is C14H17N3O4S. The number of aryl methyl sites for hydroxylation is 1. The fourth-order valence-electron chi connectivity index (χ4n) is 2.13. The van der Waals surface area contributed by atoms with E-state index in [0.717, 1.165) is 23.0 Å². The molecule has 118 valence electrons. The molecule has 7 nitrogen and oxygen atoms in total. The lowest BCUT2D eigenvalue weighted by molar-refractivity contribution is -0.385. The summed E-state index contributed by atoms with van der Waals surface area (Å²) in [5, 5.41) is 10.7. The third-order valence-corrected chi connectivity index (χ3v) is 5.07. The second kappa shape index (κ2) is 5.90. The lowest BCUT2D eigenvalue weighted by Crippen LogP contribution is -2.23. The molecule has 0 fully saturated rings. The fourth-order valence-corrected chi connectivity index (χ4v) is 3.18. The largest absolute Gasteiger partial charge is 0.352 e. The lowest BCUT2D eigenvalue weighted by atomic mass is 10.2. The molecule has 0 amide bonds. The molecule has 1 aromatic heterocycles. The van der Waals surface area contributed by atoms with Gasteiger partial charge in [0.25, 0.3) is 5.69 Å². The smallest absolute Gasteiger partial charge is 0.270 e. The van der Waals surface area contributed by atoms with Crippen molar-refractivity contribution in [2.75, 3.05) is 0 Å². The summed E-state index contributed by atoms with van der Waals surface area (Å²) in [6.45, 7) is 3.98. The van der Waals surface area contributed by atoms with Crippen LogP contribution in [0.15, 0.2) is 35.2 Å². The van der Waals surface area contributed by atoms with Gasteiger partial charge in [-0.05, 0) is 31.5 Å². The third kappa shape index (κ3) is 3.18. The first-order valence-electron chi connectivity index (χ1n) is 6.58. The molecule has 1 aromatic carbocycles. The average Bonchev–Trinajstić information content (AvgIpc) is 2.72. The van der Waals surface area contributed by atoms with Crippen LogP contribution in [0, 0.1) is 24.0 Å². The molecule has 0 aliphatic carbocycles. The highest BCUT2D eigenvalue weighted by molar-refractivity contribution is 7.89. The molecule has 2 aromatic rings. The summed E-state index contributed by atoms with van der Waals surface area (Å²) in [6, 6.07) is 6.89. The Morgan fingerprint density at radius 3 is 2.50 bits per heavy atom. The van der Waals surface area contributed by atoms with Gasteiger partial charge in [-0.1, -0.05) is 6.07 Å². The van der Waals surface area contributed by atoms with Gasteiger partial charge in [0.2, 0.25) is 10.0 Å². The van der Waals surface area contributed by atoms with Crippen molar-refractivity contribution >= 4 is 15.7 Å². The van der Waals surface area contributed by atoms with Gasteiger partial charge in [-0.3, -0.25) is 10.1 Å². The Kier molecular flexibility index (Phi) is 4.34. The van der Waals surface area contributed by atoms with Crippen molar-refractivity contribution in [3.63, 3.8) is 0 Å². The molecule has 22 heavy (non-hydrogen) atoms. The van der Waals surface area contributed by atoms with E-state index in [-0.39, 0.29) is 17.1 Å². The van der Waals surface area contributed by atoms with E-state index < -0.39 is 14.9 Å². The molecular weight excluding hydrogens is 306 g/mol. The molecule has 8 heteroatoms. The average molecular weight is 323 g/mol. The molecule has 0 atom stereocenters. The second-order valence-corrected chi connectivity index (χ2v) is 6.80. The van der Waals surface area contributed by atoms with Crippen LogP contribution in [0.25, 0.3) is 0 Å². The molecule has 0 spiro atoms. The Labute approximate surface area is 128 Å². The number of sulfonamides is 1. The van der Waals surface area contributed by atoms with Crippen molar-refractivity contribution in [2.45, 2.75) is 25.3 Å². The standard InChI is InChI=1S/C14H17N3O4S/c1-10-7-12(11(2)16(10)3)9-15-22(20,21)14-6-4-5-13(8-14)17(18)19/h4-8,15H,9H2,1-3H3. The van der Waals surface area contributed by atoms with Gasteiger partial charge in [-0.25, -0.2) is 13.1 Å². The van der Waals surface area contributed by atoms with E-state index >= 15 is 0 Å². The summed E-state index contributed by atoms with van der Waals surface area (Å²) < 4.78 is 28.9. The van der Waals surface area contributed by atoms with Gasteiger partial charge in [0, 0.05) is 37.1 Å². The number of nitrogens with zero attached hydrogens (tertiary/aromatic N) is 2. The Balaban J connectivity index is 2.23. The molecule has 0 aliphatic heterocycles. The van der Waals surface area contributed by atoms with Crippen LogP contribution in [0.5, 0.6) is 0 Å². The molecule has 2 rings (SSSR count). The monoisotopic (exact) mass is 323 g/mol. The minimum atomic E-state index is -3.80. The van der Waals surface area contributed by atoms with Crippen LogP contribution in [0.2, 0.25) is 0 Å². The number of hydrogen-bond acceptors (Lipinski definition) is 4. The van der Waals surface area contributed by atoms with Gasteiger partial charge < -0.3 is 4.57 Å². The Morgan fingerprint density at radius 2 is 1.95 bits per heavy atom. The number of nitro groups is 1. The van der Waals surface area contributed by atoms with Crippen LogP contribution < -0.4 is 4.72 Å². The van der Waals surface area contributed by atoms with Crippen LogP contribution in [-0.2, 0) is 23.6 Å². The van der Waals surface area contributed by atoms with Gasteiger partial charge in [-0.2, -0.15) is 0 Å². The first-order chi connectivity index (χ1) is 10.2. The normalized spacial score (nSPS) is 11.6. The van der Waals surface area contributed by atoms with Crippen LogP contribution in [-0.4, -0.2) is 17.9 Å². The summed E-state index contributed by atoms with van der Waals surface area (Å²) in [7, 11) is -1.89. The van der Waals surface area contributed by atoms with Gasteiger partial charge in [0.05, 0.1) is 9.82 Å². The van der Waals surface area contributed by atoms with Crippen LogP contribution >= 0.6 is 0 Å². The van der Waals surface area contributed by atoms with E-state index in [0.29, 0.717) is 0 Å². The van der Waals surface area contributed by atoms with E-state index in [1.807, 2.05) is 31.5 Å². The van der Waals surface area contributed by atoms with E-state index in [1.54, 1.807) is 0 Å². The highest BCUT2D eigenvalue weighted by atomic mass is 32.2. The SMILES string of the molecule is Cc1cc(CNS(=O)(=O)c2cccc([N+](=O)[O-])c2)c(C)n1C. The third-order valence-electron chi connectivity index (χ3n) is 3.67. The summed E-state index contributed by atoms with van der Waals surface area (Å²) in [6.07, 6.45) is 0. The number of rotatable bonds is 5. The van der Waals surface area contributed by atoms with Gasteiger partial charge in [-0.15, -0.1) is 0 Å². The van der Waals surface area contributed by atoms with Crippen LogP contribution in [0.3, 0.4) is 0 Å². The minimum absolute atomic E-state index is 0.119. The maximum absolute atomic E-state index is 12.2. The van der Waals surface area contributed by atoms with E-state index in [4.69, 9.17) is 0 Å². The first-order valence-corrected chi connectivity index (χ1v) is 8.06. The molecule has 1 heterocycles. The van der Waals surface area contributed by atoms with Crippen molar-refractivity contribution in [2.24, 2.45) is 7.05 Å². The van der Waals surface area contributed by atoms with E-state index in [2.05, 4.69) is 4.72 Å². The molecule has 0 bridgehead atoms. The summed E-state index contributed by atoms with van der Waals surface area (Å²) >= 11 is 0. The number of nitro benzene ring substituents is 1. The number of benzene rings is 1. The maximum atomic E-state index is 12.2. The zero-order chi connectivity index (χ0) is 16.5. The fraction of sp³-hybridized carbons (Fsp3) is 0.286. The van der Waals surface area contributed by atoms with Crippen molar-refractivity contribution in [3.05, 3.63) is 57.4 Å². The van der Waals surface area contributed by atoms with E-state index in [9.17, 15) is 18.5 Å². The molecule has 0 saturated heterocycles. The summed E-state index contributed by atoms with van der Waals surface area (Å²) in [4.78, 5) is 9.99.